The molecule has 0 saturated heterocycles. The summed E-state index contributed by atoms with van der Waals surface area (Å²) in [6.07, 6.45) is 3.54. The number of hydrogen-bond acceptors (Lipinski definition) is 5. The lowest BCUT2D eigenvalue weighted by Crippen LogP contribution is -2.34. The first-order valence-electron chi connectivity index (χ1n) is 7.95. The molecule has 2 amide bonds. The third kappa shape index (κ3) is 5.63. The molecule has 1 atom stereocenters. The van der Waals surface area contributed by atoms with E-state index in [1.165, 1.54) is 13.1 Å². The number of amides is 2. The molecule has 2 aromatic carbocycles. The van der Waals surface area contributed by atoms with Crippen molar-refractivity contribution < 1.29 is 14.3 Å². The topological polar surface area (TPSA) is 79.8 Å². The van der Waals surface area contributed by atoms with Crippen molar-refractivity contribution in [2.75, 3.05) is 18.7 Å². The smallest absolute Gasteiger partial charge is 0.252 e. The molecule has 0 aliphatic carbocycles. The summed E-state index contributed by atoms with van der Waals surface area (Å²) in [7, 11) is 1.57. The molecule has 0 bridgehead atoms. The molecule has 136 valence electrons. The van der Waals surface area contributed by atoms with Crippen LogP contribution in [0.15, 0.2) is 58.5 Å². The van der Waals surface area contributed by atoms with Crippen LogP contribution < -0.4 is 15.5 Å². The first-order chi connectivity index (χ1) is 12.5. The molecule has 0 aliphatic heterocycles. The van der Waals surface area contributed by atoms with Crippen LogP contribution in [0.4, 0.5) is 5.69 Å². The van der Waals surface area contributed by atoms with Crippen molar-refractivity contribution in [2.45, 2.75) is 11.8 Å². The number of anilines is 1. The summed E-state index contributed by atoms with van der Waals surface area (Å²) in [6.45, 7) is 1.52. The second-order valence-corrected chi connectivity index (χ2v) is 6.33. The van der Waals surface area contributed by atoms with E-state index in [-0.39, 0.29) is 0 Å². The van der Waals surface area contributed by atoms with E-state index < -0.39 is 17.7 Å². The molecule has 1 unspecified atom stereocenters. The minimum atomic E-state index is -0.881. The number of methoxy groups -OCH3 is 1. The number of rotatable bonds is 7. The van der Waals surface area contributed by atoms with Crippen LogP contribution in [0.1, 0.15) is 12.5 Å². The third-order valence-corrected chi connectivity index (χ3v) is 4.39. The summed E-state index contributed by atoms with van der Waals surface area (Å²) in [4.78, 5) is 25.4. The van der Waals surface area contributed by atoms with Crippen molar-refractivity contribution in [3.8, 4) is 5.75 Å². The quantitative estimate of drug-likeness (QED) is 0.339. The van der Waals surface area contributed by atoms with Crippen molar-refractivity contribution in [3.05, 3.63) is 54.1 Å². The van der Waals surface area contributed by atoms with Crippen molar-refractivity contribution >= 4 is 35.5 Å². The molecule has 0 saturated carbocycles. The van der Waals surface area contributed by atoms with E-state index in [1.54, 1.807) is 43.1 Å². The minimum absolute atomic E-state index is 0.410. The number of hydrogen-bond donors (Lipinski definition) is 2. The molecule has 2 N–H and O–H groups in total. The maximum Gasteiger partial charge on any atom is 0.252 e. The number of carbonyl (C=O) groups excluding carboxylic acids is 2. The molecule has 0 spiro atoms. The molecule has 0 aromatic heterocycles. The number of nitrogens with zero attached hydrogens (tertiary/aromatic N) is 1. The largest absolute Gasteiger partial charge is 0.497 e. The Kier molecular flexibility index (Phi) is 7.23. The normalized spacial score (nSPS) is 11.8. The van der Waals surface area contributed by atoms with Crippen LogP contribution in [0, 0.1) is 5.92 Å². The Labute approximate surface area is 157 Å². The van der Waals surface area contributed by atoms with E-state index in [4.69, 9.17) is 4.74 Å². The van der Waals surface area contributed by atoms with Crippen molar-refractivity contribution in [1.29, 1.82) is 0 Å². The highest BCUT2D eigenvalue weighted by atomic mass is 32.2. The molecule has 0 heterocycles. The van der Waals surface area contributed by atoms with E-state index >= 15 is 0 Å². The molecule has 0 aliphatic rings. The Bertz CT molecular complexity index is 774. The fourth-order valence-corrected chi connectivity index (χ4v) is 2.41. The molecule has 0 radical (unpaired) electrons. The van der Waals surface area contributed by atoms with Crippen LogP contribution in [-0.2, 0) is 9.59 Å². The lowest BCUT2D eigenvalue weighted by molar-refractivity contribution is -0.131. The van der Waals surface area contributed by atoms with E-state index in [9.17, 15) is 9.59 Å². The molecule has 6 nitrogen and oxygen atoms in total. The van der Waals surface area contributed by atoms with Crippen molar-refractivity contribution in [2.24, 2.45) is 11.0 Å². The highest BCUT2D eigenvalue weighted by molar-refractivity contribution is 7.98. The van der Waals surface area contributed by atoms with Crippen LogP contribution in [0.5, 0.6) is 5.75 Å². The second-order valence-electron chi connectivity index (χ2n) is 5.45. The number of thioether (sulfide) groups is 1. The van der Waals surface area contributed by atoms with Crippen LogP contribution in [-0.4, -0.2) is 31.4 Å². The first kappa shape index (κ1) is 19.5. The van der Waals surface area contributed by atoms with Gasteiger partial charge in [0.25, 0.3) is 5.91 Å². The minimum Gasteiger partial charge on any atom is -0.497 e. The number of nitrogens with one attached hydrogen (secondary N) is 2. The van der Waals surface area contributed by atoms with Crippen molar-refractivity contribution in [1.82, 2.24) is 5.43 Å². The molecular weight excluding hydrogens is 350 g/mol. The number of hydrazone groups is 1. The maximum atomic E-state index is 12.2. The number of benzene rings is 2. The second kappa shape index (κ2) is 9.62. The van der Waals surface area contributed by atoms with Gasteiger partial charge in [0, 0.05) is 10.6 Å². The summed E-state index contributed by atoms with van der Waals surface area (Å²) < 4.78 is 5.06. The van der Waals surface area contributed by atoms with Crippen LogP contribution in [0.2, 0.25) is 0 Å². The van der Waals surface area contributed by atoms with E-state index in [2.05, 4.69) is 15.8 Å². The average molecular weight is 371 g/mol. The number of carbonyl (C=O) groups is 2. The van der Waals surface area contributed by atoms with Gasteiger partial charge in [-0.05, 0) is 55.1 Å². The predicted molar refractivity (Wildman–Crippen MR) is 105 cm³/mol. The van der Waals surface area contributed by atoms with Gasteiger partial charge in [-0.15, -0.1) is 11.8 Å². The van der Waals surface area contributed by atoms with Gasteiger partial charge in [-0.2, -0.15) is 5.10 Å². The SMILES string of the molecule is COc1ccc(NC(=O)C(C)C(=O)NN=Cc2ccc(SC)cc2)cc1. The zero-order chi connectivity index (χ0) is 18.9. The van der Waals surface area contributed by atoms with Gasteiger partial charge in [-0.3, -0.25) is 9.59 Å². The van der Waals surface area contributed by atoms with E-state index in [0.717, 1.165) is 10.5 Å². The predicted octanol–water partition coefficient (Wildman–Crippen LogP) is 3.14. The standard InChI is InChI=1S/C19H21N3O3S/c1-13(18(23)21-15-6-8-16(25-2)9-7-15)19(24)22-20-12-14-4-10-17(26-3)11-5-14/h4-13H,1-3H3,(H,21,23)(H,22,24). The average Bonchev–Trinajstić information content (AvgIpc) is 2.68. The Balaban J connectivity index is 1.86. The van der Waals surface area contributed by atoms with Gasteiger partial charge >= 0.3 is 0 Å². The van der Waals surface area contributed by atoms with Gasteiger partial charge in [0.15, 0.2) is 0 Å². The summed E-state index contributed by atoms with van der Waals surface area (Å²) in [5.41, 5.74) is 3.84. The molecular formula is C19H21N3O3S. The van der Waals surface area contributed by atoms with Gasteiger partial charge in [0.1, 0.15) is 11.7 Å². The molecule has 2 aromatic rings. The van der Waals surface area contributed by atoms with Gasteiger partial charge in [0.05, 0.1) is 13.3 Å². The summed E-state index contributed by atoms with van der Waals surface area (Å²) in [5, 5.41) is 6.59. The van der Waals surface area contributed by atoms with E-state index in [0.29, 0.717) is 11.4 Å². The molecule has 2 rings (SSSR count). The maximum absolute atomic E-state index is 12.2. The lowest BCUT2D eigenvalue weighted by Gasteiger charge is -2.11. The highest BCUT2D eigenvalue weighted by Crippen LogP contribution is 2.16. The highest BCUT2D eigenvalue weighted by Gasteiger charge is 2.21. The van der Waals surface area contributed by atoms with Gasteiger partial charge in [-0.1, -0.05) is 12.1 Å². The van der Waals surface area contributed by atoms with Crippen LogP contribution in [0.25, 0.3) is 0 Å². The lowest BCUT2D eigenvalue weighted by atomic mass is 10.1. The molecule has 0 fully saturated rings. The fourth-order valence-electron chi connectivity index (χ4n) is 2.00. The van der Waals surface area contributed by atoms with Crippen LogP contribution in [0.3, 0.4) is 0 Å². The number of ether oxygens (including phenoxy) is 1. The Morgan fingerprint density at radius 1 is 1.08 bits per heavy atom. The van der Waals surface area contributed by atoms with Gasteiger partial charge in [0.2, 0.25) is 5.91 Å². The van der Waals surface area contributed by atoms with Gasteiger partial charge < -0.3 is 10.1 Å². The third-order valence-electron chi connectivity index (χ3n) is 3.65. The van der Waals surface area contributed by atoms with Crippen LogP contribution >= 0.6 is 11.8 Å². The summed E-state index contributed by atoms with van der Waals surface area (Å²) in [6, 6.07) is 14.6. The van der Waals surface area contributed by atoms with Crippen molar-refractivity contribution in [3.63, 3.8) is 0 Å². The summed E-state index contributed by atoms with van der Waals surface area (Å²) in [5.74, 6) is -1.08. The Morgan fingerprint density at radius 2 is 1.73 bits per heavy atom. The fraction of sp³-hybridized carbons (Fsp3) is 0.211. The first-order valence-corrected chi connectivity index (χ1v) is 9.18. The van der Waals surface area contributed by atoms with Gasteiger partial charge in [-0.25, -0.2) is 5.43 Å². The summed E-state index contributed by atoms with van der Waals surface area (Å²) >= 11 is 1.65. The zero-order valence-corrected chi connectivity index (χ0v) is 15.7. The van der Waals surface area contributed by atoms with E-state index in [1.807, 2.05) is 30.5 Å². The molecule has 26 heavy (non-hydrogen) atoms. The molecule has 7 heteroatoms. The Hall–Kier alpha value is -2.80. The zero-order valence-electron chi connectivity index (χ0n) is 14.9. The monoisotopic (exact) mass is 371 g/mol. The Morgan fingerprint density at radius 3 is 2.31 bits per heavy atom.